The molecule has 0 heterocycles. The van der Waals surface area contributed by atoms with Gasteiger partial charge in [-0.3, -0.25) is 4.79 Å². The first-order valence-corrected chi connectivity index (χ1v) is 6.06. The van der Waals surface area contributed by atoms with Gasteiger partial charge in [0.25, 0.3) is 0 Å². The minimum Gasteiger partial charge on any atom is -0.496 e. The van der Waals surface area contributed by atoms with Crippen LogP contribution in [0.4, 0.5) is 0 Å². The van der Waals surface area contributed by atoms with Gasteiger partial charge < -0.3 is 4.74 Å². The third-order valence-corrected chi connectivity index (χ3v) is 3.09. The van der Waals surface area contributed by atoms with E-state index in [0.717, 1.165) is 16.9 Å². The number of carbonyl (C=O) groups excluding carboxylic acids is 1. The Morgan fingerprint density at radius 1 is 1.44 bits per heavy atom. The molecule has 1 aromatic rings. The number of allylic oxidation sites excluding steroid dienone is 1. The van der Waals surface area contributed by atoms with Gasteiger partial charge in [0.1, 0.15) is 5.75 Å². The van der Waals surface area contributed by atoms with Gasteiger partial charge in [0.2, 0.25) is 0 Å². The first-order valence-electron chi connectivity index (χ1n) is 5.07. The van der Waals surface area contributed by atoms with Gasteiger partial charge in [0.05, 0.1) is 12.7 Å². The van der Waals surface area contributed by atoms with Gasteiger partial charge >= 0.3 is 0 Å². The third kappa shape index (κ3) is 3.42. The molecule has 0 aliphatic carbocycles. The minimum atomic E-state index is 0.636. The molecule has 0 N–H and O–H groups in total. The van der Waals surface area contributed by atoms with E-state index in [9.17, 15) is 4.79 Å². The molecule has 0 spiro atoms. The van der Waals surface area contributed by atoms with Crippen LogP contribution in [-0.4, -0.2) is 19.1 Å². The molecule has 0 aromatic heterocycles. The number of methoxy groups -OCH3 is 1. The van der Waals surface area contributed by atoms with E-state index in [4.69, 9.17) is 4.74 Å². The van der Waals surface area contributed by atoms with Crippen LogP contribution in [-0.2, 0) is 0 Å². The average Bonchev–Trinajstić information content (AvgIpc) is 2.28. The van der Waals surface area contributed by atoms with Gasteiger partial charge in [-0.25, -0.2) is 0 Å². The number of aldehydes is 1. The van der Waals surface area contributed by atoms with E-state index in [1.165, 1.54) is 5.57 Å². The van der Waals surface area contributed by atoms with E-state index in [2.05, 4.69) is 19.9 Å². The van der Waals surface area contributed by atoms with Crippen LogP contribution in [0.15, 0.2) is 34.7 Å². The van der Waals surface area contributed by atoms with Crippen molar-refractivity contribution in [1.82, 2.24) is 0 Å². The Morgan fingerprint density at radius 3 is 2.75 bits per heavy atom. The molecule has 0 radical (unpaired) electrons. The SMILES string of the molecule is COc1cccc(SCC=C(C)C)c1C=O. The smallest absolute Gasteiger partial charge is 0.154 e. The lowest BCUT2D eigenvalue weighted by Crippen LogP contribution is -1.92. The molecule has 3 heteroatoms. The topological polar surface area (TPSA) is 26.3 Å². The Balaban J connectivity index is 2.87. The van der Waals surface area contributed by atoms with Crippen molar-refractivity contribution in [2.45, 2.75) is 18.7 Å². The molecule has 0 amide bonds. The average molecular weight is 236 g/mol. The summed E-state index contributed by atoms with van der Waals surface area (Å²) in [6.45, 7) is 4.12. The second kappa shape index (κ2) is 6.38. The van der Waals surface area contributed by atoms with Gasteiger partial charge in [0.15, 0.2) is 6.29 Å². The van der Waals surface area contributed by atoms with Crippen LogP contribution in [0.25, 0.3) is 0 Å². The molecule has 0 aliphatic rings. The summed E-state index contributed by atoms with van der Waals surface area (Å²) in [6, 6.07) is 5.64. The Labute approximate surface area is 101 Å². The summed E-state index contributed by atoms with van der Waals surface area (Å²) < 4.78 is 5.14. The number of thioether (sulfide) groups is 1. The Bertz CT molecular complexity index is 393. The van der Waals surface area contributed by atoms with E-state index in [1.807, 2.05) is 12.1 Å². The lowest BCUT2D eigenvalue weighted by molar-refractivity contribution is 0.111. The number of hydrogen-bond donors (Lipinski definition) is 0. The van der Waals surface area contributed by atoms with Gasteiger partial charge in [-0.05, 0) is 26.0 Å². The van der Waals surface area contributed by atoms with E-state index in [0.29, 0.717) is 11.3 Å². The van der Waals surface area contributed by atoms with Crippen LogP contribution in [0.3, 0.4) is 0 Å². The summed E-state index contributed by atoms with van der Waals surface area (Å²) in [7, 11) is 1.58. The zero-order valence-electron chi connectivity index (χ0n) is 9.82. The monoisotopic (exact) mass is 236 g/mol. The lowest BCUT2D eigenvalue weighted by Gasteiger charge is -2.07. The summed E-state index contributed by atoms with van der Waals surface area (Å²) in [5, 5.41) is 0. The summed E-state index contributed by atoms with van der Waals surface area (Å²) in [4.78, 5) is 12.0. The van der Waals surface area contributed by atoms with Gasteiger partial charge in [-0.1, -0.05) is 17.7 Å². The normalized spacial score (nSPS) is 9.69. The highest BCUT2D eigenvalue weighted by Gasteiger charge is 2.07. The van der Waals surface area contributed by atoms with Crippen LogP contribution in [0.2, 0.25) is 0 Å². The fourth-order valence-corrected chi connectivity index (χ4v) is 2.32. The van der Waals surface area contributed by atoms with Crippen LogP contribution in [0, 0.1) is 0 Å². The maximum absolute atomic E-state index is 11.0. The van der Waals surface area contributed by atoms with E-state index >= 15 is 0 Å². The van der Waals surface area contributed by atoms with Crippen molar-refractivity contribution in [3.8, 4) is 5.75 Å². The molecule has 16 heavy (non-hydrogen) atoms. The van der Waals surface area contributed by atoms with Crippen molar-refractivity contribution in [2.75, 3.05) is 12.9 Å². The molecule has 86 valence electrons. The predicted molar refractivity (Wildman–Crippen MR) is 68.5 cm³/mol. The van der Waals surface area contributed by atoms with Crippen LogP contribution in [0.5, 0.6) is 5.75 Å². The zero-order valence-corrected chi connectivity index (χ0v) is 10.6. The van der Waals surface area contributed by atoms with Gasteiger partial charge in [-0.2, -0.15) is 0 Å². The molecule has 2 nitrogen and oxygen atoms in total. The van der Waals surface area contributed by atoms with Crippen LogP contribution >= 0.6 is 11.8 Å². The summed E-state index contributed by atoms with van der Waals surface area (Å²) in [5.41, 5.74) is 1.92. The Hall–Kier alpha value is -1.22. The molecule has 0 saturated heterocycles. The molecule has 0 unspecified atom stereocenters. The number of ether oxygens (including phenoxy) is 1. The van der Waals surface area contributed by atoms with Crippen molar-refractivity contribution in [3.05, 3.63) is 35.4 Å². The molecule has 1 aromatic carbocycles. The van der Waals surface area contributed by atoms with Crippen molar-refractivity contribution >= 4 is 18.0 Å². The molecule has 0 fully saturated rings. The number of rotatable bonds is 5. The highest BCUT2D eigenvalue weighted by atomic mass is 32.2. The quantitative estimate of drug-likeness (QED) is 0.444. The Morgan fingerprint density at radius 2 is 2.19 bits per heavy atom. The first-order chi connectivity index (χ1) is 7.69. The van der Waals surface area contributed by atoms with E-state index < -0.39 is 0 Å². The number of hydrogen-bond acceptors (Lipinski definition) is 3. The highest BCUT2D eigenvalue weighted by Crippen LogP contribution is 2.28. The van der Waals surface area contributed by atoms with Crippen molar-refractivity contribution < 1.29 is 9.53 Å². The summed E-state index contributed by atoms with van der Waals surface area (Å²) in [5.74, 6) is 1.51. The Kier molecular flexibility index (Phi) is 5.12. The fraction of sp³-hybridized carbons (Fsp3) is 0.308. The molecule has 0 saturated carbocycles. The minimum absolute atomic E-state index is 0.636. The predicted octanol–water partition coefficient (Wildman–Crippen LogP) is 3.57. The van der Waals surface area contributed by atoms with Gasteiger partial charge in [0, 0.05) is 10.6 Å². The second-order valence-electron chi connectivity index (χ2n) is 3.58. The maximum atomic E-state index is 11.0. The lowest BCUT2D eigenvalue weighted by atomic mass is 10.2. The van der Waals surface area contributed by atoms with Gasteiger partial charge in [-0.15, -0.1) is 11.8 Å². The largest absolute Gasteiger partial charge is 0.496 e. The molecule has 0 bridgehead atoms. The summed E-state index contributed by atoms with van der Waals surface area (Å²) in [6.07, 6.45) is 2.99. The number of carbonyl (C=O) groups is 1. The van der Waals surface area contributed by atoms with Crippen LogP contribution in [0.1, 0.15) is 24.2 Å². The standard InChI is InChI=1S/C13H16O2S/c1-10(2)7-8-16-13-6-4-5-12(15-3)11(13)9-14/h4-7,9H,8H2,1-3H3. The molecule has 0 atom stereocenters. The van der Waals surface area contributed by atoms with Crippen molar-refractivity contribution in [2.24, 2.45) is 0 Å². The zero-order chi connectivity index (χ0) is 12.0. The third-order valence-electron chi connectivity index (χ3n) is 2.09. The van der Waals surface area contributed by atoms with Crippen molar-refractivity contribution in [3.63, 3.8) is 0 Å². The molecular formula is C13H16O2S. The molecular weight excluding hydrogens is 220 g/mol. The van der Waals surface area contributed by atoms with Crippen molar-refractivity contribution in [1.29, 1.82) is 0 Å². The maximum Gasteiger partial charge on any atom is 0.154 e. The summed E-state index contributed by atoms with van der Waals surface area (Å²) >= 11 is 1.64. The van der Waals surface area contributed by atoms with Crippen LogP contribution < -0.4 is 4.74 Å². The number of benzene rings is 1. The fourth-order valence-electron chi connectivity index (χ4n) is 1.24. The molecule has 0 aliphatic heterocycles. The van der Waals surface area contributed by atoms with E-state index in [1.54, 1.807) is 24.9 Å². The second-order valence-corrected chi connectivity index (χ2v) is 4.64. The molecule has 1 rings (SSSR count). The highest BCUT2D eigenvalue weighted by molar-refractivity contribution is 7.99. The first kappa shape index (κ1) is 12.8. The van der Waals surface area contributed by atoms with E-state index in [-0.39, 0.29) is 0 Å².